The molecule has 0 saturated carbocycles. The molecule has 1 atom stereocenters. The summed E-state index contributed by atoms with van der Waals surface area (Å²) in [5.74, 6) is 0.465. The number of carbonyl (C=O) groups is 1. The van der Waals surface area contributed by atoms with Gasteiger partial charge in [-0.1, -0.05) is 6.07 Å². The molecule has 1 aliphatic rings. The summed E-state index contributed by atoms with van der Waals surface area (Å²) in [7, 11) is 0. The van der Waals surface area contributed by atoms with Gasteiger partial charge in [-0.05, 0) is 42.0 Å². The van der Waals surface area contributed by atoms with Crippen LogP contribution in [-0.2, 0) is 6.42 Å². The molecule has 100 valence electrons. The van der Waals surface area contributed by atoms with Crippen LogP contribution >= 0.6 is 0 Å². The van der Waals surface area contributed by atoms with E-state index < -0.39 is 6.09 Å². The highest BCUT2D eigenvalue weighted by Gasteiger charge is 2.22. The number of rotatable bonds is 5. The summed E-state index contributed by atoms with van der Waals surface area (Å²) in [4.78, 5) is 10.3. The number of hydrogen-bond donors (Lipinski definition) is 3. The zero-order valence-electron chi connectivity index (χ0n) is 10.6. The van der Waals surface area contributed by atoms with Crippen LogP contribution in [0.3, 0.4) is 0 Å². The molecule has 5 heteroatoms. The van der Waals surface area contributed by atoms with E-state index in [4.69, 9.17) is 10.4 Å². The molecule has 0 spiro atoms. The molecular weight excluding hydrogens is 242 g/mol. The minimum absolute atomic E-state index is 0.419. The van der Waals surface area contributed by atoms with E-state index in [9.17, 15) is 4.79 Å². The van der Waals surface area contributed by atoms with Crippen molar-refractivity contribution in [1.82, 2.24) is 10.6 Å². The van der Waals surface area contributed by atoms with Crippen LogP contribution in [0.5, 0.6) is 0 Å². The standard InChI is InChI=1S/C14H17N3O2/c15-8-10-1-4-13-11(7-10)2-3-12(13)9-16-5-6-17-14(18)19/h1,4,7,12,16-17H,2-3,5-6,9H2,(H,18,19). The molecule has 1 aliphatic carbocycles. The smallest absolute Gasteiger partial charge is 0.404 e. The number of nitrogens with zero attached hydrogens (tertiary/aromatic N) is 1. The molecule has 1 unspecified atom stereocenters. The van der Waals surface area contributed by atoms with Crippen LogP contribution in [0.2, 0.25) is 0 Å². The summed E-state index contributed by atoms with van der Waals surface area (Å²) in [5.41, 5.74) is 3.31. The first-order chi connectivity index (χ1) is 9.20. The third-order valence-corrected chi connectivity index (χ3v) is 3.44. The van der Waals surface area contributed by atoms with Crippen LogP contribution in [0.4, 0.5) is 4.79 Å². The third kappa shape index (κ3) is 3.46. The van der Waals surface area contributed by atoms with Gasteiger partial charge >= 0.3 is 6.09 Å². The minimum atomic E-state index is -0.989. The molecule has 0 bridgehead atoms. The van der Waals surface area contributed by atoms with Crippen LogP contribution in [-0.4, -0.2) is 30.8 Å². The van der Waals surface area contributed by atoms with Gasteiger partial charge in [0.25, 0.3) is 0 Å². The topological polar surface area (TPSA) is 85.2 Å². The highest BCUT2D eigenvalue weighted by Crippen LogP contribution is 2.32. The second kappa shape index (κ2) is 6.21. The molecule has 2 rings (SSSR count). The van der Waals surface area contributed by atoms with E-state index in [1.165, 1.54) is 11.1 Å². The second-order valence-corrected chi connectivity index (χ2v) is 4.70. The average molecular weight is 259 g/mol. The van der Waals surface area contributed by atoms with E-state index >= 15 is 0 Å². The predicted octanol–water partition coefficient (Wildman–Crippen LogP) is 1.45. The molecule has 0 saturated heterocycles. The normalized spacial score (nSPS) is 16.7. The summed E-state index contributed by atoms with van der Waals surface area (Å²) in [5, 5.41) is 22.9. The van der Waals surface area contributed by atoms with Crippen molar-refractivity contribution in [2.75, 3.05) is 19.6 Å². The Bertz CT molecular complexity index is 508. The first-order valence-electron chi connectivity index (χ1n) is 6.41. The molecule has 0 heterocycles. The van der Waals surface area contributed by atoms with Gasteiger partial charge in [0.1, 0.15) is 0 Å². The molecule has 3 N–H and O–H groups in total. The van der Waals surface area contributed by atoms with Crippen molar-refractivity contribution in [3.8, 4) is 6.07 Å². The first-order valence-corrected chi connectivity index (χ1v) is 6.41. The predicted molar refractivity (Wildman–Crippen MR) is 71.1 cm³/mol. The van der Waals surface area contributed by atoms with Crippen molar-refractivity contribution in [1.29, 1.82) is 5.26 Å². The summed E-state index contributed by atoms with van der Waals surface area (Å²) in [6, 6.07) is 8.04. The number of nitriles is 1. The van der Waals surface area contributed by atoms with Crippen LogP contribution in [0, 0.1) is 11.3 Å². The van der Waals surface area contributed by atoms with Crippen molar-refractivity contribution >= 4 is 6.09 Å². The van der Waals surface area contributed by atoms with E-state index in [1.54, 1.807) is 0 Å². The van der Waals surface area contributed by atoms with Crippen LogP contribution in [0.1, 0.15) is 29.0 Å². The maximum atomic E-state index is 10.3. The second-order valence-electron chi connectivity index (χ2n) is 4.70. The van der Waals surface area contributed by atoms with Gasteiger partial charge in [-0.25, -0.2) is 4.79 Å². The molecule has 0 aliphatic heterocycles. The Hall–Kier alpha value is -2.06. The van der Waals surface area contributed by atoms with E-state index in [0.717, 1.165) is 24.9 Å². The van der Waals surface area contributed by atoms with Gasteiger partial charge in [0.2, 0.25) is 0 Å². The van der Waals surface area contributed by atoms with E-state index in [-0.39, 0.29) is 0 Å². The number of nitrogens with one attached hydrogen (secondary N) is 2. The summed E-state index contributed by atoms with van der Waals surface area (Å²) >= 11 is 0. The van der Waals surface area contributed by atoms with Crippen molar-refractivity contribution in [3.05, 3.63) is 34.9 Å². The SMILES string of the molecule is N#Cc1ccc2c(c1)CCC2CNCCNC(=O)O. The van der Waals surface area contributed by atoms with Gasteiger partial charge in [0, 0.05) is 19.6 Å². The van der Waals surface area contributed by atoms with E-state index in [2.05, 4.69) is 16.7 Å². The molecule has 0 aromatic heterocycles. The first kappa shape index (κ1) is 13.4. The zero-order chi connectivity index (χ0) is 13.7. The number of amides is 1. The summed E-state index contributed by atoms with van der Waals surface area (Å²) in [6.07, 6.45) is 1.12. The third-order valence-electron chi connectivity index (χ3n) is 3.44. The summed E-state index contributed by atoms with van der Waals surface area (Å²) in [6.45, 7) is 1.90. The van der Waals surface area contributed by atoms with E-state index in [0.29, 0.717) is 19.0 Å². The fourth-order valence-corrected chi connectivity index (χ4v) is 2.52. The van der Waals surface area contributed by atoms with Gasteiger partial charge in [-0.3, -0.25) is 0 Å². The van der Waals surface area contributed by atoms with Crippen molar-refractivity contribution in [2.45, 2.75) is 18.8 Å². The van der Waals surface area contributed by atoms with Gasteiger partial charge in [0.15, 0.2) is 0 Å². The highest BCUT2D eigenvalue weighted by atomic mass is 16.4. The fraction of sp³-hybridized carbons (Fsp3) is 0.429. The molecule has 5 nitrogen and oxygen atoms in total. The zero-order valence-corrected chi connectivity index (χ0v) is 10.6. The molecular formula is C14H17N3O2. The van der Waals surface area contributed by atoms with Crippen LogP contribution < -0.4 is 10.6 Å². The Morgan fingerprint density at radius 2 is 2.32 bits per heavy atom. The minimum Gasteiger partial charge on any atom is -0.465 e. The average Bonchev–Trinajstić information content (AvgIpc) is 2.80. The van der Waals surface area contributed by atoms with Crippen LogP contribution in [0.25, 0.3) is 0 Å². The van der Waals surface area contributed by atoms with Crippen molar-refractivity contribution < 1.29 is 9.90 Å². The molecule has 0 radical (unpaired) electrons. The maximum Gasteiger partial charge on any atom is 0.404 e. The fourth-order valence-electron chi connectivity index (χ4n) is 2.52. The molecule has 0 fully saturated rings. The number of fused-ring (bicyclic) bond motifs is 1. The quantitative estimate of drug-likeness (QED) is 0.699. The highest BCUT2D eigenvalue weighted by molar-refractivity contribution is 5.64. The van der Waals surface area contributed by atoms with Gasteiger partial charge in [0.05, 0.1) is 11.6 Å². The molecule has 1 amide bonds. The monoisotopic (exact) mass is 259 g/mol. The van der Waals surface area contributed by atoms with E-state index in [1.807, 2.05) is 18.2 Å². The molecule has 19 heavy (non-hydrogen) atoms. The number of aryl methyl sites for hydroxylation is 1. The molecule has 1 aromatic rings. The number of hydrogen-bond acceptors (Lipinski definition) is 3. The van der Waals surface area contributed by atoms with Crippen molar-refractivity contribution in [3.63, 3.8) is 0 Å². The Balaban J connectivity index is 1.82. The lowest BCUT2D eigenvalue weighted by Gasteiger charge is -2.12. The molecule has 1 aromatic carbocycles. The summed E-state index contributed by atoms with van der Waals surface area (Å²) < 4.78 is 0. The Labute approximate surface area is 112 Å². The van der Waals surface area contributed by atoms with Crippen molar-refractivity contribution in [2.24, 2.45) is 0 Å². The van der Waals surface area contributed by atoms with Crippen LogP contribution in [0.15, 0.2) is 18.2 Å². The number of carboxylic acid groups (broad SMARTS) is 1. The lowest BCUT2D eigenvalue weighted by molar-refractivity contribution is 0.194. The van der Waals surface area contributed by atoms with Gasteiger partial charge in [-0.2, -0.15) is 5.26 Å². The van der Waals surface area contributed by atoms with Gasteiger partial charge in [-0.15, -0.1) is 0 Å². The number of benzene rings is 1. The Morgan fingerprint density at radius 1 is 1.47 bits per heavy atom. The Morgan fingerprint density at radius 3 is 3.05 bits per heavy atom. The lowest BCUT2D eigenvalue weighted by Crippen LogP contribution is -2.32. The lowest BCUT2D eigenvalue weighted by atomic mass is 10.00. The maximum absolute atomic E-state index is 10.3. The largest absolute Gasteiger partial charge is 0.465 e. The Kier molecular flexibility index (Phi) is 4.37. The van der Waals surface area contributed by atoms with Gasteiger partial charge < -0.3 is 15.7 Å².